The first kappa shape index (κ1) is 27.6. The molecule has 2 fully saturated rings. The summed E-state index contributed by atoms with van der Waals surface area (Å²) in [4.78, 5) is 45.4. The summed E-state index contributed by atoms with van der Waals surface area (Å²) in [5.74, 6) is 0.190. The molecule has 1 aliphatic heterocycles. The molecule has 0 spiro atoms. The van der Waals surface area contributed by atoms with Crippen LogP contribution in [0.3, 0.4) is 0 Å². The van der Waals surface area contributed by atoms with Crippen LogP contribution in [0.5, 0.6) is 0 Å². The summed E-state index contributed by atoms with van der Waals surface area (Å²) in [6.07, 6.45) is 4.75. The van der Waals surface area contributed by atoms with E-state index in [0.29, 0.717) is 24.7 Å². The van der Waals surface area contributed by atoms with Gasteiger partial charge in [0.25, 0.3) is 11.5 Å². The number of ether oxygens (including phenoxy) is 3. The fourth-order valence-corrected chi connectivity index (χ4v) is 4.66. The lowest BCUT2D eigenvalue weighted by atomic mass is 10.1. The Morgan fingerprint density at radius 3 is 2.65 bits per heavy atom. The lowest BCUT2D eigenvalue weighted by Gasteiger charge is -2.25. The molecule has 0 bridgehead atoms. The van der Waals surface area contributed by atoms with Gasteiger partial charge in [-0.1, -0.05) is 0 Å². The van der Waals surface area contributed by atoms with Crippen molar-refractivity contribution < 1.29 is 23.8 Å². The van der Waals surface area contributed by atoms with E-state index in [4.69, 9.17) is 14.2 Å². The normalized spacial score (nSPS) is 19.3. The van der Waals surface area contributed by atoms with Gasteiger partial charge >= 0.3 is 6.09 Å². The molecule has 214 valence electrons. The summed E-state index contributed by atoms with van der Waals surface area (Å²) in [5, 5.41) is 10.4. The first-order valence-electron chi connectivity index (χ1n) is 13.3. The lowest BCUT2D eigenvalue weighted by molar-refractivity contribution is 0.0587. The molecule has 2 aliphatic rings. The zero-order chi connectivity index (χ0) is 28.6. The van der Waals surface area contributed by atoms with Crippen molar-refractivity contribution in [3.63, 3.8) is 0 Å². The molecule has 2 amide bonds. The van der Waals surface area contributed by atoms with Crippen LogP contribution in [-0.2, 0) is 14.2 Å². The maximum Gasteiger partial charge on any atom is 0.415 e. The van der Waals surface area contributed by atoms with Crippen molar-refractivity contribution >= 4 is 35.0 Å². The highest BCUT2D eigenvalue weighted by molar-refractivity contribution is 6.01. The van der Waals surface area contributed by atoms with Crippen LogP contribution in [0.1, 0.15) is 56.4 Å². The van der Waals surface area contributed by atoms with Crippen LogP contribution in [0.4, 0.5) is 22.1 Å². The maximum atomic E-state index is 13.4. The van der Waals surface area contributed by atoms with E-state index < -0.39 is 11.7 Å². The monoisotopic (exact) mass is 553 g/mol. The number of carbonyl (C=O) groups excluding carboxylic acids is 2. The predicted molar refractivity (Wildman–Crippen MR) is 147 cm³/mol. The first-order valence-corrected chi connectivity index (χ1v) is 13.3. The van der Waals surface area contributed by atoms with Gasteiger partial charge in [-0.2, -0.15) is 9.61 Å². The second kappa shape index (κ2) is 10.9. The van der Waals surface area contributed by atoms with E-state index in [9.17, 15) is 14.4 Å². The van der Waals surface area contributed by atoms with E-state index in [1.54, 1.807) is 63.9 Å². The number of hydrogen-bond donors (Lipinski definition) is 2. The molecule has 40 heavy (non-hydrogen) atoms. The molecule has 1 saturated heterocycles. The average Bonchev–Trinajstić information content (AvgIpc) is 3.53. The molecule has 0 aromatic carbocycles. The molecule has 13 nitrogen and oxygen atoms in total. The second-order valence-electron chi connectivity index (χ2n) is 11.0. The third kappa shape index (κ3) is 5.80. The first-order chi connectivity index (χ1) is 19.1. The highest BCUT2D eigenvalue weighted by Gasteiger charge is 2.39. The smallest absolute Gasteiger partial charge is 0.415 e. The van der Waals surface area contributed by atoms with Gasteiger partial charge in [-0.15, -0.1) is 0 Å². The lowest BCUT2D eigenvalue weighted by Crippen LogP contribution is -2.35. The number of nitrogens with one attached hydrogen (secondary N) is 2. The summed E-state index contributed by atoms with van der Waals surface area (Å²) >= 11 is 0. The molecule has 2 atom stereocenters. The quantitative estimate of drug-likeness (QED) is 0.452. The van der Waals surface area contributed by atoms with E-state index in [1.807, 2.05) is 0 Å². The molecule has 2 N–H and O–H groups in total. The number of hydrogen-bond acceptors (Lipinski definition) is 9. The third-order valence-electron chi connectivity index (χ3n) is 6.88. The number of anilines is 3. The summed E-state index contributed by atoms with van der Waals surface area (Å²) in [7, 11) is 3.14. The summed E-state index contributed by atoms with van der Waals surface area (Å²) in [5.41, 5.74) is -0.193. The van der Waals surface area contributed by atoms with Gasteiger partial charge in [-0.3, -0.25) is 14.5 Å². The van der Waals surface area contributed by atoms with E-state index in [0.717, 1.165) is 19.3 Å². The van der Waals surface area contributed by atoms with Crippen molar-refractivity contribution in [2.45, 2.75) is 63.8 Å². The zero-order valence-electron chi connectivity index (χ0n) is 23.3. The Labute approximate surface area is 231 Å². The highest BCUT2D eigenvalue weighted by atomic mass is 16.6. The largest absolute Gasteiger partial charge is 0.443 e. The van der Waals surface area contributed by atoms with Gasteiger partial charge in [0.05, 0.1) is 18.3 Å². The third-order valence-corrected chi connectivity index (χ3v) is 6.88. The number of nitrogens with zero attached hydrogens (tertiary/aromatic N) is 5. The predicted octanol–water partition coefficient (Wildman–Crippen LogP) is 2.87. The van der Waals surface area contributed by atoms with Crippen molar-refractivity contribution in [3.8, 4) is 0 Å². The summed E-state index contributed by atoms with van der Waals surface area (Å²) in [6.45, 7) is 6.52. The molecule has 0 unspecified atom stereocenters. The van der Waals surface area contributed by atoms with Crippen molar-refractivity contribution in [2.75, 3.05) is 37.6 Å². The number of amides is 2. The van der Waals surface area contributed by atoms with Crippen molar-refractivity contribution in [1.29, 1.82) is 0 Å². The summed E-state index contributed by atoms with van der Waals surface area (Å²) in [6, 6.07) is 4.99. The minimum Gasteiger partial charge on any atom is -0.443 e. The van der Waals surface area contributed by atoms with Crippen LogP contribution in [0.2, 0.25) is 0 Å². The Morgan fingerprint density at radius 2 is 1.98 bits per heavy atom. The van der Waals surface area contributed by atoms with Crippen molar-refractivity contribution in [2.24, 2.45) is 0 Å². The number of methoxy groups -OCH3 is 1. The van der Waals surface area contributed by atoms with E-state index >= 15 is 0 Å². The van der Waals surface area contributed by atoms with E-state index in [-0.39, 0.29) is 46.7 Å². The van der Waals surface area contributed by atoms with Crippen molar-refractivity contribution in [1.82, 2.24) is 24.5 Å². The molecule has 5 rings (SSSR count). The minimum atomic E-state index is -0.727. The van der Waals surface area contributed by atoms with Gasteiger partial charge in [0, 0.05) is 45.7 Å². The maximum absolute atomic E-state index is 13.4. The molecule has 3 aromatic heterocycles. The Hall–Kier alpha value is -3.97. The average molecular weight is 554 g/mol. The van der Waals surface area contributed by atoms with Crippen LogP contribution in [0, 0.1) is 0 Å². The number of fused-ring (bicyclic) bond motifs is 1. The number of pyridine rings is 1. The van der Waals surface area contributed by atoms with Crippen molar-refractivity contribution in [3.05, 3.63) is 46.5 Å². The molecule has 0 radical (unpaired) electrons. The molecule has 13 heteroatoms. The summed E-state index contributed by atoms with van der Waals surface area (Å²) < 4.78 is 19.4. The van der Waals surface area contributed by atoms with Gasteiger partial charge in [0.1, 0.15) is 28.5 Å². The van der Waals surface area contributed by atoms with Crippen LogP contribution in [-0.4, -0.2) is 76.3 Å². The highest BCUT2D eigenvalue weighted by Crippen LogP contribution is 2.28. The van der Waals surface area contributed by atoms with Crippen LogP contribution in [0.15, 0.2) is 35.4 Å². The minimum absolute atomic E-state index is 0.0270. The molecular formula is C27H35N7O6. The van der Waals surface area contributed by atoms with E-state index in [1.165, 1.54) is 15.6 Å². The van der Waals surface area contributed by atoms with E-state index in [2.05, 4.69) is 20.7 Å². The topological polar surface area (TPSA) is 141 Å². The fourth-order valence-electron chi connectivity index (χ4n) is 4.66. The Balaban J connectivity index is 1.53. The van der Waals surface area contributed by atoms with Crippen LogP contribution < -0.4 is 21.1 Å². The Morgan fingerprint density at radius 1 is 1.23 bits per heavy atom. The zero-order valence-corrected chi connectivity index (χ0v) is 23.3. The number of aromatic nitrogens is 4. The standard InChI is InChI=1S/C27H35N7O6/c1-27(2,3)40-26(37)32(4)22-14-21(29-18-7-6-10-33(25(18)36)16-8-11-39-12-9-16)31-23-17(15-28-34(22)23)24(35)30-19-13-20(19)38-5/h6-7,10,14-16,19-20H,8-9,11-13H2,1-5H3,(H,29,31)(H,30,35)/t19-,20-/m0/s1. The molecule has 1 saturated carbocycles. The molecule has 1 aliphatic carbocycles. The number of rotatable bonds is 7. The fraction of sp³-hybridized carbons (Fsp3) is 0.519. The molecule has 3 aromatic rings. The van der Waals surface area contributed by atoms with Gasteiger partial charge < -0.3 is 29.4 Å². The molecular weight excluding hydrogens is 518 g/mol. The van der Waals surface area contributed by atoms with Gasteiger partial charge in [-0.05, 0) is 52.2 Å². The van der Waals surface area contributed by atoms with Crippen LogP contribution in [0.25, 0.3) is 5.65 Å². The van der Waals surface area contributed by atoms with Crippen LogP contribution >= 0.6 is 0 Å². The van der Waals surface area contributed by atoms with Gasteiger partial charge in [0.15, 0.2) is 5.65 Å². The SMILES string of the molecule is CO[C@H]1C[C@@H]1NC(=O)c1cnn2c(N(C)C(=O)OC(C)(C)C)cc(Nc3cccn(C4CCOCC4)c3=O)nc12. The van der Waals surface area contributed by atoms with Gasteiger partial charge in [-0.25, -0.2) is 9.78 Å². The number of carbonyl (C=O) groups is 2. The van der Waals surface area contributed by atoms with Gasteiger partial charge in [0.2, 0.25) is 0 Å². The molecule has 4 heterocycles. The Bertz CT molecular complexity index is 1470. The Kier molecular flexibility index (Phi) is 7.51. The second-order valence-corrected chi connectivity index (χ2v) is 11.0.